The fraction of sp³-hybridized carbons (Fsp3) is 0.500. The summed E-state index contributed by atoms with van der Waals surface area (Å²) in [6, 6.07) is 9.98. The minimum atomic E-state index is -0.239. The molecule has 0 saturated carbocycles. The highest BCUT2D eigenvalue weighted by molar-refractivity contribution is 5.43. The van der Waals surface area contributed by atoms with E-state index in [1.807, 2.05) is 30.3 Å². The lowest BCUT2D eigenvalue weighted by atomic mass is 9.96. The van der Waals surface area contributed by atoms with Gasteiger partial charge in [-0.25, -0.2) is 0 Å². The Balaban J connectivity index is 1.97. The van der Waals surface area contributed by atoms with Gasteiger partial charge in [0, 0.05) is 5.69 Å². The molecule has 4 heteroatoms. The lowest BCUT2D eigenvalue weighted by Gasteiger charge is -2.35. The van der Waals surface area contributed by atoms with Crippen molar-refractivity contribution in [2.24, 2.45) is 5.92 Å². The maximum atomic E-state index is 12.4. The number of piperidine rings is 1. The molecule has 0 aliphatic carbocycles. The number of anilines is 1. The van der Waals surface area contributed by atoms with Gasteiger partial charge in [-0.3, -0.25) is 5.32 Å². The van der Waals surface area contributed by atoms with Crippen molar-refractivity contribution in [3.63, 3.8) is 0 Å². The summed E-state index contributed by atoms with van der Waals surface area (Å²) >= 11 is 0. The summed E-state index contributed by atoms with van der Waals surface area (Å²) in [5.41, 5.74) is 2.85. The van der Waals surface area contributed by atoms with Crippen molar-refractivity contribution >= 4 is 5.69 Å². The van der Waals surface area contributed by atoms with Crippen LogP contribution in [0.4, 0.5) is 10.2 Å². The van der Waals surface area contributed by atoms with Crippen molar-refractivity contribution in [2.75, 3.05) is 5.32 Å². The van der Waals surface area contributed by atoms with Gasteiger partial charge in [0.15, 0.2) is 0 Å². The molecule has 3 atom stereocenters. The van der Waals surface area contributed by atoms with E-state index in [2.05, 4.69) is 17.6 Å². The molecule has 0 amide bonds. The van der Waals surface area contributed by atoms with Crippen LogP contribution in [0.1, 0.15) is 19.8 Å². The van der Waals surface area contributed by atoms with Crippen molar-refractivity contribution in [1.29, 1.82) is 0 Å². The predicted octanol–water partition coefficient (Wildman–Crippen LogP) is 2.24. The van der Waals surface area contributed by atoms with E-state index in [0.717, 1.165) is 18.5 Å². The van der Waals surface area contributed by atoms with Crippen LogP contribution in [-0.2, 0) is 0 Å². The maximum Gasteiger partial charge on any atom is 0.0878 e. The van der Waals surface area contributed by atoms with Crippen LogP contribution in [0.3, 0.4) is 0 Å². The minimum Gasteiger partial charge on any atom is -0.370 e. The summed E-state index contributed by atoms with van der Waals surface area (Å²) in [5, 5.41) is 6.58. The Kier molecular flexibility index (Phi) is 3.74. The average Bonchev–Trinajstić information content (AvgIpc) is 2.33. The van der Waals surface area contributed by atoms with Crippen LogP contribution in [0.5, 0.6) is 0 Å². The van der Waals surface area contributed by atoms with Crippen molar-refractivity contribution in [3.05, 3.63) is 30.3 Å². The number of benzene rings is 1. The Labute approximate surface area is 95.4 Å². The third-order valence-corrected chi connectivity index (χ3v) is 3.09. The number of hydrogen-bond acceptors (Lipinski definition) is 3. The molecule has 3 unspecified atom stereocenters. The van der Waals surface area contributed by atoms with E-state index in [9.17, 15) is 4.48 Å². The topological polar surface area (TPSA) is 36.1 Å². The maximum absolute atomic E-state index is 12.4. The third-order valence-electron chi connectivity index (χ3n) is 3.09. The Morgan fingerprint density at radius 1 is 1.25 bits per heavy atom. The first-order valence-corrected chi connectivity index (χ1v) is 5.73. The van der Waals surface area contributed by atoms with Crippen molar-refractivity contribution in [1.82, 2.24) is 10.9 Å². The Hall–Kier alpha value is -1.13. The first-order chi connectivity index (χ1) is 7.79. The van der Waals surface area contributed by atoms with Gasteiger partial charge in [0.05, 0.1) is 12.3 Å². The lowest BCUT2D eigenvalue weighted by Crippen LogP contribution is -2.54. The van der Waals surface area contributed by atoms with Crippen LogP contribution < -0.4 is 16.2 Å². The summed E-state index contributed by atoms with van der Waals surface area (Å²) in [5.74, 6) is 0.491. The first kappa shape index (κ1) is 11.4. The summed E-state index contributed by atoms with van der Waals surface area (Å²) < 4.78 is 12.4. The molecule has 1 fully saturated rings. The Bertz CT molecular complexity index is 317. The summed E-state index contributed by atoms with van der Waals surface area (Å²) in [4.78, 5) is 0. The van der Waals surface area contributed by atoms with Crippen LogP contribution in [-0.4, -0.2) is 12.3 Å². The van der Waals surface area contributed by atoms with Gasteiger partial charge < -0.3 is 5.32 Å². The molecule has 88 valence electrons. The van der Waals surface area contributed by atoms with E-state index in [-0.39, 0.29) is 12.3 Å². The number of rotatable bonds is 3. The highest BCUT2D eigenvalue weighted by Crippen LogP contribution is 2.20. The molecule has 0 radical (unpaired) electrons. The monoisotopic (exact) mass is 223 g/mol. The van der Waals surface area contributed by atoms with E-state index >= 15 is 0 Å². The molecule has 0 bridgehead atoms. The molecule has 16 heavy (non-hydrogen) atoms. The van der Waals surface area contributed by atoms with Crippen LogP contribution in [0.25, 0.3) is 0 Å². The molecule has 1 aromatic carbocycles. The second-order valence-electron chi connectivity index (χ2n) is 4.37. The molecule has 1 saturated heterocycles. The predicted molar refractivity (Wildman–Crippen MR) is 63.4 cm³/mol. The fourth-order valence-corrected chi connectivity index (χ4v) is 2.04. The summed E-state index contributed by atoms with van der Waals surface area (Å²) in [6.45, 7) is 2.17. The molecule has 3 N–H and O–H groups in total. The van der Waals surface area contributed by atoms with Gasteiger partial charge in [0.25, 0.3) is 0 Å². The largest absolute Gasteiger partial charge is 0.370 e. The minimum absolute atomic E-state index is 0.115. The number of hydrogen-bond donors (Lipinski definition) is 3. The molecule has 1 aromatic rings. The third kappa shape index (κ3) is 2.71. The number of halogens is 1. The van der Waals surface area contributed by atoms with Crippen molar-refractivity contribution in [2.45, 2.75) is 32.1 Å². The zero-order valence-corrected chi connectivity index (χ0v) is 9.41. The SMILES string of the molecule is CC1CCC(NF)NC1Nc1ccccc1. The molecule has 1 aliphatic rings. The van der Waals surface area contributed by atoms with E-state index in [4.69, 9.17) is 0 Å². The average molecular weight is 223 g/mol. The molecule has 1 aliphatic heterocycles. The van der Waals surface area contributed by atoms with Crippen LogP contribution >= 0.6 is 0 Å². The fourth-order valence-electron chi connectivity index (χ4n) is 2.04. The standard InChI is InChI=1S/C12H18FN3/c1-9-7-8-11(16-13)15-12(9)14-10-5-3-2-4-6-10/h2-6,9,11-12,14-16H,7-8H2,1H3. The van der Waals surface area contributed by atoms with Gasteiger partial charge in [-0.1, -0.05) is 25.1 Å². The lowest BCUT2D eigenvalue weighted by molar-refractivity contribution is 0.160. The second-order valence-corrected chi connectivity index (χ2v) is 4.37. The van der Waals surface area contributed by atoms with Gasteiger partial charge in [0.2, 0.25) is 0 Å². The quantitative estimate of drug-likeness (QED) is 0.688. The highest BCUT2D eigenvalue weighted by atomic mass is 19.2. The van der Waals surface area contributed by atoms with Crippen LogP contribution in [0, 0.1) is 5.92 Å². The summed E-state index contributed by atoms with van der Waals surface area (Å²) in [6.07, 6.45) is 1.71. The van der Waals surface area contributed by atoms with Crippen molar-refractivity contribution in [3.8, 4) is 0 Å². The van der Waals surface area contributed by atoms with Gasteiger partial charge in [-0.15, -0.1) is 10.0 Å². The first-order valence-electron chi connectivity index (χ1n) is 5.73. The van der Waals surface area contributed by atoms with Gasteiger partial charge in [0.1, 0.15) is 0 Å². The second kappa shape index (κ2) is 5.27. The molecule has 1 heterocycles. The smallest absolute Gasteiger partial charge is 0.0878 e. The van der Waals surface area contributed by atoms with Crippen LogP contribution in [0.15, 0.2) is 30.3 Å². The molecule has 0 aromatic heterocycles. The van der Waals surface area contributed by atoms with E-state index < -0.39 is 0 Å². The van der Waals surface area contributed by atoms with Crippen molar-refractivity contribution < 1.29 is 4.48 Å². The molecular weight excluding hydrogens is 205 g/mol. The molecular formula is C12H18FN3. The van der Waals surface area contributed by atoms with E-state index in [0.29, 0.717) is 5.92 Å². The number of nitrogens with one attached hydrogen (secondary N) is 3. The highest BCUT2D eigenvalue weighted by Gasteiger charge is 2.26. The van der Waals surface area contributed by atoms with E-state index in [1.54, 1.807) is 5.54 Å². The molecule has 0 spiro atoms. The van der Waals surface area contributed by atoms with E-state index in [1.165, 1.54) is 0 Å². The van der Waals surface area contributed by atoms with Gasteiger partial charge >= 0.3 is 0 Å². The zero-order chi connectivity index (χ0) is 11.4. The Morgan fingerprint density at radius 2 is 2.00 bits per heavy atom. The zero-order valence-electron chi connectivity index (χ0n) is 9.41. The van der Waals surface area contributed by atoms with Crippen LogP contribution in [0.2, 0.25) is 0 Å². The molecule has 3 nitrogen and oxygen atoms in total. The van der Waals surface area contributed by atoms with Gasteiger partial charge in [-0.2, -0.15) is 0 Å². The number of para-hydroxylation sites is 1. The molecule has 2 rings (SSSR count). The normalized spacial score (nSPS) is 30.0. The summed E-state index contributed by atoms with van der Waals surface area (Å²) in [7, 11) is 0. The Morgan fingerprint density at radius 3 is 2.69 bits per heavy atom. The van der Waals surface area contributed by atoms with Gasteiger partial charge in [-0.05, 0) is 30.9 Å².